The summed E-state index contributed by atoms with van der Waals surface area (Å²) in [6.45, 7) is 3.62. The summed E-state index contributed by atoms with van der Waals surface area (Å²) in [7, 11) is 0. The Balaban J connectivity index is 2.02. The van der Waals surface area contributed by atoms with Gasteiger partial charge in [-0.1, -0.05) is 18.5 Å². The quantitative estimate of drug-likeness (QED) is 0.813. The zero-order valence-electron chi connectivity index (χ0n) is 9.29. The van der Waals surface area contributed by atoms with Crippen LogP contribution in [0.1, 0.15) is 19.2 Å². The summed E-state index contributed by atoms with van der Waals surface area (Å²) >= 11 is 5.90. The number of H-pyrrole nitrogens is 1. The molecule has 0 spiro atoms. The predicted molar refractivity (Wildman–Crippen MR) is 65.9 cm³/mol. The minimum Gasteiger partial charge on any atom is -0.381 e. The lowest BCUT2D eigenvalue weighted by Crippen LogP contribution is -2.00. The van der Waals surface area contributed by atoms with Crippen molar-refractivity contribution in [3.8, 4) is 0 Å². The number of aromatic nitrogens is 2. The van der Waals surface area contributed by atoms with Crippen LogP contribution in [-0.2, 0) is 11.2 Å². The van der Waals surface area contributed by atoms with Crippen molar-refractivity contribution in [2.75, 3.05) is 13.2 Å². The molecule has 1 aromatic heterocycles. The molecule has 0 amide bonds. The van der Waals surface area contributed by atoms with Gasteiger partial charge in [-0.15, -0.1) is 0 Å². The van der Waals surface area contributed by atoms with Crippen molar-refractivity contribution in [2.24, 2.45) is 0 Å². The van der Waals surface area contributed by atoms with E-state index in [1.54, 1.807) is 0 Å². The molecule has 4 heteroatoms. The predicted octanol–water partition coefficient (Wildman–Crippen LogP) is 3.19. The van der Waals surface area contributed by atoms with Crippen molar-refractivity contribution < 1.29 is 4.74 Å². The van der Waals surface area contributed by atoms with E-state index in [1.807, 2.05) is 18.2 Å². The molecule has 0 fully saturated rings. The van der Waals surface area contributed by atoms with Crippen LogP contribution in [0.4, 0.5) is 0 Å². The Labute approximate surface area is 99.8 Å². The molecule has 0 unspecified atom stereocenters. The van der Waals surface area contributed by atoms with Crippen LogP contribution in [-0.4, -0.2) is 23.2 Å². The smallest absolute Gasteiger partial charge is 0.109 e. The summed E-state index contributed by atoms with van der Waals surface area (Å²) < 4.78 is 5.42. The minimum absolute atomic E-state index is 0.710. The van der Waals surface area contributed by atoms with Crippen LogP contribution in [0.5, 0.6) is 0 Å². The lowest BCUT2D eigenvalue weighted by molar-refractivity contribution is 0.137. The first kappa shape index (κ1) is 11.4. The monoisotopic (exact) mass is 238 g/mol. The highest BCUT2D eigenvalue weighted by Crippen LogP contribution is 2.17. The minimum atomic E-state index is 0.710. The van der Waals surface area contributed by atoms with Gasteiger partial charge in [-0.2, -0.15) is 0 Å². The highest BCUT2D eigenvalue weighted by Gasteiger charge is 2.02. The van der Waals surface area contributed by atoms with Crippen LogP contribution in [0.2, 0.25) is 5.02 Å². The summed E-state index contributed by atoms with van der Waals surface area (Å²) in [5.74, 6) is 0.952. The number of hydrogen-bond donors (Lipinski definition) is 1. The van der Waals surface area contributed by atoms with E-state index in [-0.39, 0.29) is 0 Å². The number of rotatable bonds is 5. The van der Waals surface area contributed by atoms with Gasteiger partial charge in [0.15, 0.2) is 0 Å². The van der Waals surface area contributed by atoms with Crippen molar-refractivity contribution in [3.05, 3.63) is 29.0 Å². The van der Waals surface area contributed by atoms with E-state index in [0.717, 1.165) is 41.3 Å². The number of nitrogens with one attached hydrogen (secondary N) is 1. The summed E-state index contributed by atoms with van der Waals surface area (Å²) in [6.07, 6.45) is 1.86. The largest absolute Gasteiger partial charge is 0.381 e. The molecule has 16 heavy (non-hydrogen) atoms. The van der Waals surface area contributed by atoms with Crippen LogP contribution >= 0.6 is 11.6 Å². The Morgan fingerprint density at radius 1 is 1.38 bits per heavy atom. The molecule has 0 radical (unpaired) electrons. The Kier molecular flexibility index (Phi) is 3.80. The average Bonchev–Trinajstić information content (AvgIpc) is 2.66. The van der Waals surface area contributed by atoms with Crippen LogP contribution in [0.3, 0.4) is 0 Å². The first-order valence-corrected chi connectivity index (χ1v) is 5.89. The molecule has 0 aliphatic carbocycles. The third-order valence-corrected chi connectivity index (χ3v) is 2.56. The van der Waals surface area contributed by atoms with Gasteiger partial charge in [0.1, 0.15) is 5.82 Å². The number of ether oxygens (including phenoxy) is 1. The third-order valence-electron chi connectivity index (χ3n) is 2.32. The van der Waals surface area contributed by atoms with Crippen molar-refractivity contribution in [2.45, 2.75) is 19.8 Å². The van der Waals surface area contributed by atoms with Crippen molar-refractivity contribution in [1.82, 2.24) is 9.97 Å². The molecule has 0 bridgehead atoms. The van der Waals surface area contributed by atoms with Gasteiger partial charge in [0.2, 0.25) is 0 Å². The van der Waals surface area contributed by atoms with E-state index >= 15 is 0 Å². The molecule has 0 aliphatic heterocycles. The van der Waals surface area contributed by atoms with Gasteiger partial charge in [0.05, 0.1) is 17.6 Å². The third kappa shape index (κ3) is 2.74. The molecule has 0 aliphatic rings. The first-order valence-electron chi connectivity index (χ1n) is 5.51. The van der Waals surface area contributed by atoms with E-state index in [1.165, 1.54) is 0 Å². The number of nitrogens with zero attached hydrogens (tertiary/aromatic N) is 1. The zero-order chi connectivity index (χ0) is 11.4. The maximum absolute atomic E-state index is 5.90. The van der Waals surface area contributed by atoms with Crippen molar-refractivity contribution >= 4 is 22.6 Å². The van der Waals surface area contributed by atoms with Crippen LogP contribution in [0.15, 0.2) is 18.2 Å². The Morgan fingerprint density at radius 2 is 2.25 bits per heavy atom. The Bertz CT molecular complexity index is 467. The van der Waals surface area contributed by atoms with E-state index in [4.69, 9.17) is 16.3 Å². The maximum Gasteiger partial charge on any atom is 0.109 e. The Hall–Kier alpha value is -1.06. The fourth-order valence-corrected chi connectivity index (χ4v) is 1.74. The van der Waals surface area contributed by atoms with Gasteiger partial charge < -0.3 is 9.72 Å². The SMILES string of the molecule is CCCOCCc1nc2ccc(Cl)cc2[nH]1. The summed E-state index contributed by atoms with van der Waals surface area (Å²) in [4.78, 5) is 7.70. The molecule has 0 saturated carbocycles. The molecular formula is C12H15ClN2O. The fraction of sp³-hybridized carbons (Fsp3) is 0.417. The molecule has 0 saturated heterocycles. The number of hydrogen-bond acceptors (Lipinski definition) is 2. The normalized spacial score (nSPS) is 11.1. The van der Waals surface area contributed by atoms with Crippen molar-refractivity contribution in [3.63, 3.8) is 0 Å². The summed E-state index contributed by atoms with van der Waals surface area (Å²) in [5.41, 5.74) is 1.94. The van der Waals surface area contributed by atoms with Crippen LogP contribution in [0, 0.1) is 0 Å². The van der Waals surface area contributed by atoms with Gasteiger partial charge >= 0.3 is 0 Å². The second-order valence-electron chi connectivity index (χ2n) is 3.71. The molecule has 86 valence electrons. The van der Waals surface area contributed by atoms with Crippen LogP contribution in [0.25, 0.3) is 11.0 Å². The molecule has 1 N–H and O–H groups in total. The second kappa shape index (κ2) is 5.32. The van der Waals surface area contributed by atoms with Gasteiger partial charge in [0, 0.05) is 18.1 Å². The molecule has 2 rings (SSSR count). The van der Waals surface area contributed by atoms with E-state index < -0.39 is 0 Å². The number of fused-ring (bicyclic) bond motifs is 1. The highest BCUT2D eigenvalue weighted by molar-refractivity contribution is 6.31. The zero-order valence-corrected chi connectivity index (χ0v) is 10.0. The second-order valence-corrected chi connectivity index (χ2v) is 4.14. The molecule has 1 aromatic carbocycles. The summed E-state index contributed by atoms with van der Waals surface area (Å²) in [5, 5.41) is 0.727. The van der Waals surface area contributed by atoms with E-state index in [0.29, 0.717) is 6.61 Å². The Morgan fingerprint density at radius 3 is 3.06 bits per heavy atom. The van der Waals surface area contributed by atoms with Gasteiger partial charge in [-0.25, -0.2) is 4.98 Å². The lowest BCUT2D eigenvalue weighted by Gasteiger charge is -1.98. The summed E-state index contributed by atoms with van der Waals surface area (Å²) in [6, 6.07) is 5.66. The number of benzene rings is 1. The van der Waals surface area contributed by atoms with Crippen LogP contribution < -0.4 is 0 Å². The van der Waals surface area contributed by atoms with Gasteiger partial charge in [-0.05, 0) is 24.6 Å². The molecule has 3 nitrogen and oxygen atoms in total. The maximum atomic E-state index is 5.90. The number of aromatic amines is 1. The molecule has 2 aromatic rings. The fourth-order valence-electron chi connectivity index (χ4n) is 1.57. The van der Waals surface area contributed by atoms with Gasteiger partial charge in [-0.3, -0.25) is 0 Å². The first-order chi connectivity index (χ1) is 7.79. The average molecular weight is 239 g/mol. The highest BCUT2D eigenvalue weighted by atomic mass is 35.5. The topological polar surface area (TPSA) is 37.9 Å². The van der Waals surface area contributed by atoms with Crippen molar-refractivity contribution in [1.29, 1.82) is 0 Å². The standard InChI is InChI=1S/C12H15ClN2O/c1-2-6-16-7-5-12-14-10-4-3-9(13)8-11(10)15-12/h3-4,8H,2,5-7H2,1H3,(H,14,15). The molecular weight excluding hydrogens is 224 g/mol. The van der Waals surface area contributed by atoms with E-state index in [9.17, 15) is 0 Å². The lowest BCUT2D eigenvalue weighted by atomic mass is 10.3. The molecule has 1 heterocycles. The van der Waals surface area contributed by atoms with E-state index in [2.05, 4.69) is 16.9 Å². The molecule has 0 atom stereocenters. The number of imidazole rings is 1. The number of halogens is 1. The van der Waals surface area contributed by atoms with Gasteiger partial charge in [0.25, 0.3) is 0 Å².